The Morgan fingerprint density at radius 3 is 2.33 bits per heavy atom. The van der Waals surface area contributed by atoms with Crippen molar-refractivity contribution in [1.82, 2.24) is 0 Å². The number of carbonyl (C=O) groups is 2. The van der Waals surface area contributed by atoms with E-state index in [0.717, 1.165) is 11.4 Å². The molecule has 6 nitrogen and oxygen atoms in total. The van der Waals surface area contributed by atoms with E-state index in [4.69, 9.17) is 9.47 Å². The summed E-state index contributed by atoms with van der Waals surface area (Å²) in [5.41, 5.74) is 1.33. The maximum absolute atomic E-state index is 12.3. The van der Waals surface area contributed by atoms with E-state index in [0.29, 0.717) is 11.4 Å². The Kier molecular flexibility index (Phi) is 7.23. The van der Waals surface area contributed by atoms with E-state index in [2.05, 4.69) is 5.32 Å². The van der Waals surface area contributed by atoms with Gasteiger partial charge in [0.05, 0.1) is 18.9 Å². The normalized spacial score (nSPS) is 10.4. The van der Waals surface area contributed by atoms with Crippen molar-refractivity contribution in [2.24, 2.45) is 0 Å². The zero-order valence-electron chi connectivity index (χ0n) is 16.2. The third kappa shape index (κ3) is 6.02. The maximum Gasteiger partial charge on any atom is 0.226 e. The van der Waals surface area contributed by atoms with Gasteiger partial charge in [0.2, 0.25) is 11.8 Å². The molecule has 0 saturated heterocycles. The van der Waals surface area contributed by atoms with Gasteiger partial charge in [-0.3, -0.25) is 9.59 Å². The van der Waals surface area contributed by atoms with Gasteiger partial charge in [-0.05, 0) is 50.2 Å². The number of rotatable bonds is 8. The van der Waals surface area contributed by atoms with Gasteiger partial charge in [-0.15, -0.1) is 0 Å². The Morgan fingerprint density at radius 1 is 1.07 bits per heavy atom. The second-order valence-corrected chi connectivity index (χ2v) is 6.33. The highest BCUT2D eigenvalue weighted by atomic mass is 16.5. The molecule has 0 aliphatic heterocycles. The standard InChI is InChI=1S/C21H26N2O4/c1-15(2)27-18-11-9-17(10-12-18)23(16(3)24)14-13-21(25)22-19-7-5-6-8-20(19)26-4/h5-12,15H,13-14H2,1-4H3,(H,22,25). The molecule has 27 heavy (non-hydrogen) atoms. The van der Waals surface area contributed by atoms with Crippen molar-refractivity contribution in [3.8, 4) is 11.5 Å². The summed E-state index contributed by atoms with van der Waals surface area (Å²) in [5, 5.41) is 2.82. The second kappa shape index (κ2) is 9.62. The Morgan fingerprint density at radius 2 is 1.74 bits per heavy atom. The van der Waals surface area contributed by atoms with Crippen LogP contribution in [0.3, 0.4) is 0 Å². The number of benzene rings is 2. The fourth-order valence-corrected chi connectivity index (χ4v) is 2.62. The van der Waals surface area contributed by atoms with Crippen LogP contribution in [-0.4, -0.2) is 31.6 Å². The highest BCUT2D eigenvalue weighted by Crippen LogP contribution is 2.24. The first kappa shape index (κ1) is 20.3. The number of carbonyl (C=O) groups excluding carboxylic acids is 2. The van der Waals surface area contributed by atoms with E-state index >= 15 is 0 Å². The molecular weight excluding hydrogens is 344 g/mol. The van der Waals surface area contributed by atoms with Crippen molar-refractivity contribution in [3.63, 3.8) is 0 Å². The molecule has 6 heteroatoms. The fraction of sp³-hybridized carbons (Fsp3) is 0.333. The second-order valence-electron chi connectivity index (χ2n) is 6.33. The molecule has 0 aliphatic carbocycles. The number of hydrogen-bond donors (Lipinski definition) is 1. The van der Waals surface area contributed by atoms with Gasteiger partial charge < -0.3 is 19.7 Å². The summed E-state index contributed by atoms with van der Waals surface area (Å²) in [7, 11) is 1.55. The van der Waals surface area contributed by atoms with Crippen molar-refractivity contribution in [3.05, 3.63) is 48.5 Å². The van der Waals surface area contributed by atoms with Crippen LogP contribution in [0.15, 0.2) is 48.5 Å². The van der Waals surface area contributed by atoms with Gasteiger partial charge in [-0.25, -0.2) is 0 Å². The van der Waals surface area contributed by atoms with Crippen LogP contribution in [0.25, 0.3) is 0 Å². The molecule has 0 unspecified atom stereocenters. The largest absolute Gasteiger partial charge is 0.495 e. The topological polar surface area (TPSA) is 67.9 Å². The highest BCUT2D eigenvalue weighted by Gasteiger charge is 2.14. The molecule has 144 valence electrons. The Labute approximate surface area is 160 Å². The zero-order valence-corrected chi connectivity index (χ0v) is 16.2. The molecule has 0 aromatic heterocycles. The van der Waals surface area contributed by atoms with E-state index in [1.54, 1.807) is 24.1 Å². The third-order valence-electron chi connectivity index (χ3n) is 3.84. The molecule has 0 aliphatic rings. The minimum atomic E-state index is -0.189. The van der Waals surface area contributed by atoms with E-state index in [-0.39, 0.29) is 30.9 Å². The summed E-state index contributed by atoms with van der Waals surface area (Å²) >= 11 is 0. The van der Waals surface area contributed by atoms with Crippen LogP contribution in [0.5, 0.6) is 11.5 Å². The number of ether oxygens (including phenoxy) is 2. The number of nitrogens with zero attached hydrogens (tertiary/aromatic N) is 1. The van der Waals surface area contributed by atoms with Gasteiger partial charge in [0.15, 0.2) is 0 Å². The number of amides is 2. The molecule has 2 amide bonds. The maximum atomic E-state index is 12.3. The molecular formula is C21H26N2O4. The predicted octanol–water partition coefficient (Wildman–Crippen LogP) is 3.86. The molecule has 0 spiro atoms. The van der Waals surface area contributed by atoms with E-state index in [9.17, 15) is 9.59 Å². The van der Waals surface area contributed by atoms with Gasteiger partial charge in [-0.2, -0.15) is 0 Å². The fourth-order valence-electron chi connectivity index (χ4n) is 2.62. The molecule has 0 heterocycles. The molecule has 0 saturated carbocycles. The minimum absolute atomic E-state index is 0.0819. The van der Waals surface area contributed by atoms with Crippen LogP contribution in [0.2, 0.25) is 0 Å². The van der Waals surface area contributed by atoms with Gasteiger partial charge in [0, 0.05) is 25.6 Å². The Bertz CT molecular complexity index is 772. The number of anilines is 2. The minimum Gasteiger partial charge on any atom is -0.495 e. The van der Waals surface area contributed by atoms with Crippen LogP contribution >= 0.6 is 0 Å². The lowest BCUT2D eigenvalue weighted by Crippen LogP contribution is -2.32. The van der Waals surface area contributed by atoms with Crippen molar-refractivity contribution < 1.29 is 19.1 Å². The number of para-hydroxylation sites is 2. The number of hydrogen-bond acceptors (Lipinski definition) is 4. The molecule has 0 radical (unpaired) electrons. The van der Waals surface area contributed by atoms with Gasteiger partial charge in [-0.1, -0.05) is 12.1 Å². The molecule has 2 rings (SSSR count). The smallest absolute Gasteiger partial charge is 0.226 e. The first-order valence-corrected chi connectivity index (χ1v) is 8.88. The van der Waals surface area contributed by atoms with Gasteiger partial charge in [0.25, 0.3) is 0 Å². The van der Waals surface area contributed by atoms with Crippen LogP contribution in [0.1, 0.15) is 27.2 Å². The van der Waals surface area contributed by atoms with E-state index < -0.39 is 0 Å². The lowest BCUT2D eigenvalue weighted by molar-refractivity contribution is -0.117. The van der Waals surface area contributed by atoms with Crippen LogP contribution in [0, 0.1) is 0 Å². The summed E-state index contributed by atoms with van der Waals surface area (Å²) in [6, 6.07) is 14.5. The summed E-state index contributed by atoms with van der Waals surface area (Å²) in [4.78, 5) is 25.9. The molecule has 1 N–H and O–H groups in total. The SMILES string of the molecule is COc1ccccc1NC(=O)CCN(C(C)=O)c1ccc(OC(C)C)cc1. The number of methoxy groups -OCH3 is 1. The average Bonchev–Trinajstić information content (AvgIpc) is 2.63. The van der Waals surface area contributed by atoms with E-state index in [1.807, 2.05) is 50.2 Å². The predicted molar refractivity (Wildman–Crippen MR) is 106 cm³/mol. The van der Waals surface area contributed by atoms with Crippen LogP contribution in [-0.2, 0) is 9.59 Å². The molecule has 0 fully saturated rings. The molecule has 0 bridgehead atoms. The van der Waals surface area contributed by atoms with Crippen molar-refractivity contribution in [2.45, 2.75) is 33.3 Å². The molecule has 0 atom stereocenters. The van der Waals surface area contributed by atoms with Crippen molar-refractivity contribution >= 4 is 23.2 Å². The monoisotopic (exact) mass is 370 g/mol. The molecule has 2 aromatic carbocycles. The van der Waals surface area contributed by atoms with E-state index in [1.165, 1.54) is 6.92 Å². The first-order valence-electron chi connectivity index (χ1n) is 8.88. The van der Waals surface area contributed by atoms with Crippen LogP contribution in [0.4, 0.5) is 11.4 Å². The Hall–Kier alpha value is -3.02. The van der Waals surface area contributed by atoms with Gasteiger partial charge >= 0.3 is 0 Å². The zero-order chi connectivity index (χ0) is 19.8. The summed E-state index contributed by atoms with van der Waals surface area (Å²) in [6.07, 6.45) is 0.250. The van der Waals surface area contributed by atoms with Crippen LogP contribution < -0.4 is 19.7 Å². The Balaban J connectivity index is 1.99. The number of nitrogens with one attached hydrogen (secondary N) is 1. The quantitative estimate of drug-likeness (QED) is 0.766. The third-order valence-corrected chi connectivity index (χ3v) is 3.84. The average molecular weight is 370 g/mol. The van der Waals surface area contributed by atoms with Crippen molar-refractivity contribution in [2.75, 3.05) is 23.9 Å². The summed E-state index contributed by atoms with van der Waals surface area (Å²) in [6.45, 7) is 5.67. The lowest BCUT2D eigenvalue weighted by Gasteiger charge is -2.21. The summed E-state index contributed by atoms with van der Waals surface area (Å²) in [5.74, 6) is 1.02. The lowest BCUT2D eigenvalue weighted by atomic mass is 10.2. The molecule has 2 aromatic rings. The van der Waals surface area contributed by atoms with Gasteiger partial charge in [0.1, 0.15) is 11.5 Å². The first-order chi connectivity index (χ1) is 12.9. The summed E-state index contributed by atoms with van der Waals surface area (Å²) < 4.78 is 10.8. The highest BCUT2D eigenvalue weighted by molar-refractivity contribution is 5.95. The van der Waals surface area contributed by atoms with Crippen molar-refractivity contribution in [1.29, 1.82) is 0 Å².